The van der Waals surface area contributed by atoms with E-state index in [9.17, 15) is 4.79 Å². The zero-order valence-electron chi connectivity index (χ0n) is 24.9. The van der Waals surface area contributed by atoms with Crippen molar-refractivity contribution in [3.05, 3.63) is 80.7 Å². The Morgan fingerprint density at radius 2 is 1.12 bits per heavy atom. The zero-order chi connectivity index (χ0) is 26.9. The average Bonchev–Trinajstić information content (AvgIpc) is 3.12. The Kier molecular flexibility index (Phi) is 15.8. The first-order chi connectivity index (χ1) is 18.5. The molecule has 2 aromatic carbocycles. The first-order valence-electron chi connectivity index (χ1n) is 15.2. The van der Waals surface area contributed by atoms with E-state index in [2.05, 4.69) is 91.6 Å². The number of carbonyl (C=O) groups is 1. The van der Waals surface area contributed by atoms with Gasteiger partial charge in [-0.1, -0.05) is 0 Å². The Bertz CT molecular complexity index is 1070. The van der Waals surface area contributed by atoms with Crippen LogP contribution in [0.3, 0.4) is 0 Å². The third kappa shape index (κ3) is 9.03. The molecule has 0 aliphatic heterocycles. The third-order valence-electron chi connectivity index (χ3n) is 9.22. The summed E-state index contributed by atoms with van der Waals surface area (Å²) in [4.78, 5) is 14.2. The van der Waals surface area contributed by atoms with E-state index >= 15 is 0 Å². The van der Waals surface area contributed by atoms with Crippen LogP contribution in [0.25, 0.3) is 0 Å². The Labute approximate surface area is 265 Å². The molecule has 2 aliphatic rings. The van der Waals surface area contributed by atoms with E-state index in [-0.39, 0.29) is 30.7 Å². The van der Waals surface area contributed by atoms with E-state index in [0.29, 0.717) is 11.8 Å². The van der Waals surface area contributed by atoms with Gasteiger partial charge < -0.3 is 24.8 Å². The summed E-state index contributed by atoms with van der Waals surface area (Å²) in [5.74, 6) is -0.618. The molecule has 1 N–H and O–H groups in total. The van der Waals surface area contributed by atoms with E-state index in [1.54, 1.807) is 3.28 Å². The van der Waals surface area contributed by atoms with Crippen molar-refractivity contribution < 1.29 is 50.8 Å². The molecule has 0 saturated heterocycles. The van der Waals surface area contributed by atoms with Gasteiger partial charge in [-0.05, 0) is 0 Å². The van der Waals surface area contributed by atoms with Crippen LogP contribution in [0.4, 0.5) is 0 Å². The number of hydrogen-bond donors (Lipinski definition) is 1. The summed E-state index contributed by atoms with van der Waals surface area (Å²) in [6.07, 6.45) is 13.9. The molecule has 1 amide bonds. The third-order valence-corrected chi connectivity index (χ3v) is 28.4. The van der Waals surface area contributed by atoms with Crippen molar-refractivity contribution in [3.63, 3.8) is 0 Å². The van der Waals surface area contributed by atoms with Crippen molar-refractivity contribution in [2.24, 2.45) is 11.8 Å². The number of carbonyl (C=O) groups excluding carboxylic acids is 1. The van der Waals surface area contributed by atoms with Crippen LogP contribution < -0.4 is 38.4 Å². The maximum Gasteiger partial charge on any atom is -1.00 e. The van der Waals surface area contributed by atoms with Gasteiger partial charge in [-0.15, -0.1) is 0 Å². The standard InChI is InChI=1S/C13H25NO.C12H11Si.C9H13.2ClH.Zr/c14-13(15)12-10-8-6-4-2-1-3-5-7-9-11-12;1-3-7-11(8-4-1)13-12-9-5-2-6-10-12;1-6-5-7(2)9(4)8(6)3;;;/h12H,1-11H2,(H2,14,15);1-10,13H;6H,1-4H3;2*1H;/q;;;;;+3/p-3. The molecule has 0 spiro atoms. The van der Waals surface area contributed by atoms with E-state index in [1.807, 2.05) is 0 Å². The average molecular weight is 677 g/mol. The summed E-state index contributed by atoms with van der Waals surface area (Å²) in [6.45, 7) is 9.34. The molecule has 0 radical (unpaired) electrons. The predicted molar refractivity (Wildman–Crippen MR) is 162 cm³/mol. The summed E-state index contributed by atoms with van der Waals surface area (Å²) < 4.78 is 5.62. The minimum Gasteiger partial charge on any atom is -1.00 e. The Hall–Kier alpha value is -0.930. The maximum absolute atomic E-state index is 14.2. The van der Waals surface area contributed by atoms with Crippen LogP contribution in [0, 0.1) is 11.8 Å². The molecule has 2 nitrogen and oxygen atoms in total. The van der Waals surface area contributed by atoms with Gasteiger partial charge in [-0.2, -0.15) is 0 Å². The van der Waals surface area contributed by atoms with Gasteiger partial charge in [0, 0.05) is 0 Å². The van der Waals surface area contributed by atoms with Gasteiger partial charge in [0.2, 0.25) is 0 Å². The minimum atomic E-state index is -2.66. The van der Waals surface area contributed by atoms with Crippen LogP contribution >= 0.6 is 0 Å². The Balaban J connectivity index is 0.00000280. The quantitative estimate of drug-likeness (QED) is 0.461. The fraction of sp³-hybridized carbons (Fsp3) is 0.500. The van der Waals surface area contributed by atoms with Gasteiger partial charge in [-0.3, -0.25) is 0 Å². The first-order valence-corrected chi connectivity index (χ1v) is 23.6. The monoisotopic (exact) mass is 674 g/mol. The summed E-state index contributed by atoms with van der Waals surface area (Å²) in [7, 11) is 0. The smallest absolute Gasteiger partial charge is 1.00 e. The Morgan fingerprint density at radius 3 is 1.52 bits per heavy atom. The molecule has 0 bridgehead atoms. The molecule has 2 aromatic rings. The van der Waals surface area contributed by atoms with Gasteiger partial charge in [0.05, 0.1) is 0 Å². The van der Waals surface area contributed by atoms with Crippen molar-refractivity contribution in [2.45, 2.75) is 98.3 Å². The van der Waals surface area contributed by atoms with Crippen LogP contribution in [0.1, 0.15) is 98.3 Å². The number of allylic oxidation sites excluding steroid dienone is 4. The second kappa shape index (κ2) is 17.9. The molecule has 6 heteroatoms. The molecular formula is C34H48Cl2NOSiZr. The van der Waals surface area contributed by atoms with Crippen molar-refractivity contribution in [1.29, 1.82) is 0 Å². The molecule has 1 fully saturated rings. The number of amides is 1. The van der Waals surface area contributed by atoms with Crippen LogP contribution in [-0.4, -0.2) is 11.8 Å². The molecule has 40 heavy (non-hydrogen) atoms. The molecule has 1 atom stereocenters. The first kappa shape index (κ1) is 35.3. The second-order valence-electron chi connectivity index (χ2n) is 11.7. The summed E-state index contributed by atoms with van der Waals surface area (Å²) >= 11 is -2.66. The molecular weight excluding hydrogens is 629 g/mol. The summed E-state index contributed by atoms with van der Waals surface area (Å²) in [5.41, 5.74) is 4.44. The van der Waals surface area contributed by atoms with Gasteiger partial charge in [0.25, 0.3) is 0 Å². The van der Waals surface area contributed by atoms with Gasteiger partial charge in [-0.25, -0.2) is 0 Å². The fourth-order valence-electron chi connectivity index (χ4n) is 6.57. The largest absolute Gasteiger partial charge is 1.00 e. The molecule has 1 unspecified atom stereocenters. The van der Waals surface area contributed by atoms with Crippen LogP contribution in [-0.2, 0) is 26.0 Å². The molecule has 217 valence electrons. The molecule has 4 rings (SSSR count). The maximum atomic E-state index is 14.2. The van der Waals surface area contributed by atoms with Gasteiger partial charge in [0.1, 0.15) is 0 Å². The number of hydrogen-bond acceptors (Lipinski definition) is 1. The summed E-state index contributed by atoms with van der Waals surface area (Å²) in [5, 5.41) is 2.98. The Morgan fingerprint density at radius 1 is 0.700 bits per heavy atom. The predicted octanol–water partition coefficient (Wildman–Crippen LogP) is 1.36. The van der Waals surface area contributed by atoms with Crippen molar-refractivity contribution in [2.75, 3.05) is 0 Å². The molecule has 2 aliphatic carbocycles. The number of halogens is 2. The number of benzene rings is 2. The normalized spacial score (nSPS) is 19.3. The van der Waals surface area contributed by atoms with Gasteiger partial charge >= 0.3 is 242 Å². The SMILES string of the molecule is CC1=C(C)C(C)[C]([Zr+2]([NH]C(=O)C2CCCCCCCCCCC2)[SiH](c2ccccc2)c2ccccc2)=C1C.[Cl-].[Cl-]. The van der Waals surface area contributed by atoms with E-state index < -0.39 is 27.1 Å². The van der Waals surface area contributed by atoms with Crippen molar-refractivity contribution in [1.82, 2.24) is 3.26 Å². The topological polar surface area (TPSA) is 29.1 Å². The molecule has 0 heterocycles. The zero-order valence-corrected chi connectivity index (χ0v) is 30.1. The molecule has 0 aromatic heterocycles. The van der Waals surface area contributed by atoms with Crippen LogP contribution in [0.5, 0.6) is 0 Å². The van der Waals surface area contributed by atoms with Crippen LogP contribution in [0.15, 0.2) is 80.7 Å². The fourth-order valence-corrected chi connectivity index (χ4v) is 28.6. The summed E-state index contributed by atoms with van der Waals surface area (Å²) in [6, 6.07) is 22.4. The van der Waals surface area contributed by atoms with E-state index in [4.69, 9.17) is 0 Å². The number of nitrogens with one attached hydrogen (secondary N) is 1. The van der Waals surface area contributed by atoms with Gasteiger partial charge in [0.15, 0.2) is 0 Å². The van der Waals surface area contributed by atoms with Crippen LogP contribution in [0.2, 0.25) is 0 Å². The number of rotatable bonds is 6. The van der Waals surface area contributed by atoms with E-state index in [0.717, 1.165) is 12.8 Å². The second-order valence-corrected chi connectivity index (χ2v) is 25.5. The van der Waals surface area contributed by atoms with Crippen molar-refractivity contribution >= 4 is 22.2 Å². The molecule has 1 saturated carbocycles. The van der Waals surface area contributed by atoms with E-state index in [1.165, 1.54) is 84.9 Å². The minimum absolute atomic E-state index is 0. The van der Waals surface area contributed by atoms with Crippen molar-refractivity contribution in [3.8, 4) is 0 Å².